The third-order valence-electron chi connectivity index (χ3n) is 17.2. The molecule has 0 bridgehead atoms. The fourth-order valence-electron chi connectivity index (χ4n) is 12.0. The first-order valence-corrected chi connectivity index (χ1v) is 29.5. The lowest BCUT2D eigenvalue weighted by molar-refractivity contribution is -0.145. The zero-order valence-corrected chi connectivity index (χ0v) is 48.9. The van der Waals surface area contributed by atoms with Gasteiger partial charge in [0, 0.05) is 37.5 Å². The number of aryl methyl sites for hydroxylation is 2. The molecule has 2 heterocycles. The molecule has 16 nitrogen and oxygen atoms in total. The van der Waals surface area contributed by atoms with Crippen molar-refractivity contribution in [2.75, 3.05) is 20.6 Å². The summed E-state index contributed by atoms with van der Waals surface area (Å²) in [5, 5.41) is 21.5. The Morgan fingerprint density at radius 2 is 1.08 bits per heavy atom. The van der Waals surface area contributed by atoms with Crippen LogP contribution < -0.4 is 37.2 Å². The van der Waals surface area contributed by atoms with Gasteiger partial charge in [0.15, 0.2) is 0 Å². The maximum atomic E-state index is 14.9. The highest BCUT2D eigenvalue weighted by Gasteiger charge is 2.46. The number of likely N-dealkylation sites (tertiary alicyclic amines) is 1. The van der Waals surface area contributed by atoms with E-state index >= 15 is 0 Å². The highest BCUT2D eigenvalue weighted by atomic mass is 16.2. The molecule has 9 rings (SSSR count). The Kier molecular flexibility index (Phi) is 19.1. The maximum absolute atomic E-state index is 14.9. The summed E-state index contributed by atoms with van der Waals surface area (Å²) in [7, 11) is 3.37. The molecule has 7 amide bonds. The molecule has 2 aliphatic carbocycles. The molecule has 5 aromatic carbocycles. The third-order valence-corrected chi connectivity index (χ3v) is 17.2. The van der Waals surface area contributed by atoms with Gasteiger partial charge in [0.05, 0.1) is 24.2 Å². The summed E-state index contributed by atoms with van der Waals surface area (Å²) in [5.74, 6) is -2.24. The zero-order chi connectivity index (χ0) is 59.0. The van der Waals surface area contributed by atoms with Crippen LogP contribution in [0.15, 0.2) is 121 Å². The molecule has 7 N–H and O–H groups in total. The smallest absolute Gasteiger partial charge is 0.251 e. The van der Waals surface area contributed by atoms with Gasteiger partial charge in [-0.15, -0.1) is 0 Å². The van der Waals surface area contributed by atoms with Crippen LogP contribution in [0.1, 0.15) is 139 Å². The predicted octanol–water partition coefficient (Wildman–Crippen LogP) is 6.67. The first kappa shape index (κ1) is 59.7. The fourth-order valence-corrected chi connectivity index (χ4v) is 12.0. The Hall–Kier alpha value is -7.95. The van der Waals surface area contributed by atoms with E-state index < -0.39 is 47.7 Å². The van der Waals surface area contributed by atoms with E-state index in [1.807, 2.05) is 124 Å². The molecule has 16 heteroatoms. The number of amides is 7. The Balaban J connectivity index is 0.863. The van der Waals surface area contributed by atoms with E-state index in [2.05, 4.69) is 55.4 Å². The Labute approximate surface area is 488 Å². The van der Waals surface area contributed by atoms with Crippen molar-refractivity contribution in [1.82, 2.24) is 47.0 Å². The second-order valence-electron chi connectivity index (χ2n) is 24.0. The standard InChI is InChI=1S/C67H81N9O7/c1-41(68-6)60(77)73-56(65(82)75-39-50-19-9-8-18-49(50)37-57(75)63(80)71-54-24-14-20-46-16-10-12-22-52(46)54)36-45-30-28-43(29-31-45)26-27-44-32-34-48(35-33-44)62(79)70-51-38-58(64(81)72-55-25-15-21-47-17-11-13-23-53(47)55)76(40-51)66(83)59(67(3,4)5)74-61(78)42(2)69-7/h8-13,16-19,22-23,26-35,41-42,51,54-59,68-69H,14-15,20-21,24-25,36-40H2,1-7H3,(H,70,79)(H,71,80)(H,72,81)(H,73,77)(H,74,78)/t41?,42?,51-,54+,55+,56?,57?,58-,59?/m0/s1. The highest BCUT2D eigenvalue weighted by molar-refractivity contribution is 5.97. The van der Waals surface area contributed by atoms with Crippen molar-refractivity contribution in [2.45, 2.75) is 153 Å². The first-order valence-electron chi connectivity index (χ1n) is 29.5. The summed E-state index contributed by atoms with van der Waals surface area (Å²) in [5.41, 5.74) is 8.85. The highest BCUT2D eigenvalue weighted by Crippen LogP contribution is 2.34. The van der Waals surface area contributed by atoms with Crippen molar-refractivity contribution in [3.05, 3.63) is 177 Å². The van der Waals surface area contributed by atoms with Gasteiger partial charge < -0.3 is 47.0 Å². The Bertz CT molecular complexity index is 3210. The van der Waals surface area contributed by atoms with Crippen LogP contribution in [-0.2, 0) is 61.0 Å². The van der Waals surface area contributed by atoms with Crippen molar-refractivity contribution in [1.29, 1.82) is 0 Å². The molecule has 0 spiro atoms. The van der Waals surface area contributed by atoms with E-state index in [1.165, 1.54) is 16.0 Å². The number of hydrogen-bond acceptors (Lipinski definition) is 9. The van der Waals surface area contributed by atoms with Gasteiger partial charge in [0.2, 0.25) is 35.4 Å². The molecule has 1 saturated heterocycles. The number of carbonyl (C=O) groups excluding carboxylic acids is 7. The zero-order valence-electron chi connectivity index (χ0n) is 48.9. The summed E-state index contributed by atoms with van der Waals surface area (Å²) >= 11 is 0. The molecule has 1 fully saturated rings. The number of benzene rings is 5. The number of fused-ring (bicyclic) bond motifs is 3. The van der Waals surface area contributed by atoms with Crippen molar-refractivity contribution in [3.63, 3.8) is 0 Å². The number of carbonyl (C=O) groups is 7. The van der Waals surface area contributed by atoms with E-state index in [4.69, 9.17) is 0 Å². The van der Waals surface area contributed by atoms with Gasteiger partial charge in [0.1, 0.15) is 24.2 Å². The van der Waals surface area contributed by atoms with Gasteiger partial charge in [0.25, 0.3) is 5.91 Å². The van der Waals surface area contributed by atoms with Crippen molar-refractivity contribution < 1.29 is 33.6 Å². The predicted molar refractivity (Wildman–Crippen MR) is 322 cm³/mol. The van der Waals surface area contributed by atoms with Crippen molar-refractivity contribution in [3.8, 4) is 0 Å². The molecule has 436 valence electrons. The van der Waals surface area contributed by atoms with Gasteiger partial charge in [-0.05, 0) is 141 Å². The number of nitrogens with one attached hydrogen (secondary N) is 7. The first-order chi connectivity index (χ1) is 39.9. The lowest BCUT2D eigenvalue weighted by Crippen LogP contribution is -2.59. The topological polar surface area (TPSA) is 210 Å². The minimum Gasteiger partial charge on any atom is -0.347 e. The lowest BCUT2D eigenvalue weighted by atomic mass is 9.85. The van der Waals surface area contributed by atoms with Gasteiger partial charge in [-0.25, -0.2) is 0 Å². The minimum absolute atomic E-state index is 0.0812. The van der Waals surface area contributed by atoms with E-state index in [0.29, 0.717) is 12.0 Å². The van der Waals surface area contributed by atoms with Crippen molar-refractivity contribution >= 4 is 53.5 Å². The summed E-state index contributed by atoms with van der Waals surface area (Å²) in [6.07, 6.45) is 9.97. The van der Waals surface area contributed by atoms with Gasteiger partial charge in [-0.3, -0.25) is 33.6 Å². The molecular formula is C67H81N9O7. The van der Waals surface area contributed by atoms with Gasteiger partial charge in [-0.1, -0.05) is 142 Å². The fraction of sp³-hybridized carbons (Fsp3) is 0.418. The van der Waals surface area contributed by atoms with Crippen LogP contribution in [-0.4, -0.2) is 114 Å². The Morgan fingerprint density at radius 3 is 1.64 bits per heavy atom. The van der Waals surface area contributed by atoms with Crippen LogP contribution in [0, 0.1) is 5.41 Å². The van der Waals surface area contributed by atoms with Crippen LogP contribution in [0.4, 0.5) is 0 Å². The van der Waals surface area contributed by atoms with Crippen LogP contribution >= 0.6 is 0 Å². The summed E-state index contributed by atoms with van der Waals surface area (Å²) < 4.78 is 0. The molecule has 0 saturated carbocycles. The molecule has 9 atom stereocenters. The van der Waals surface area contributed by atoms with E-state index in [0.717, 1.165) is 77.5 Å². The second-order valence-corrected chi connectivity index (χ2v) is 24.0. The Morgan fingerprint density at radius 1 is 0.578 bits per heavy atom. The average Bonchev–Trinajstić information content (AvgIpc) is 3.99. The summed E-state index contributed by atoms with van der Waals surface area (Å²) in [4.78, 5) is 102. The monoisotopic (exact) mass is 1120 g/mol. The van der Waals surface area contributed by atoms with E-state index in [-0.39, 0.29) is 79.4 Å². The average molecular weight is 1120 g/mol. The maximum Gasteiger partial charge on any atom is 0.251 e. The quantitative estimate of drug-likeness (QED) is 0.0467. The number of nitrogens with zero attached hydrogens (tertiary/aromatic N) is 2. The molecule has 0 aromatic heterocycles. The molecule has 5 unspecified atom stereocenters. The van der Waals surface area contributed by atoms with Crippen molar-refractivity contribution in [2.24, 2.45) is 5.41 Å². The lowest BCUT2D eigenvalue weighted by Gasteiger charge is -2.39. The normalized spacial score (nSPS) is 20.8. The molecule has 4 aliphatic rings. The second kappa shape index (κ2) is 26.5. The number of rotatable bonds is 18. The summed E-state index contributed by atoms with van der Waals surface area (Å²) in [6, 6.07) is 33.5. The number of likely N-dealkylation sites (N-methyl/N-ethyl adjacent to an activating group) is 2. The van der Waals surface area contributed by atoms with Gasteiger partial charge >= 0.3 is 0 Å². The third kappa shape index (κ3) is 14.3. The molecule has 0 radical (unpaired) electrons. The largest absolute Gasteiger partial charge is 0.347 e. The molecule has 5 aromatic rings. The van der Waals surface area contributed by atoms with Crippen LogP contribution in [0.5, 0.6) is 0 Å². The number of hydrogen-bond donors (Lipinski definition) is 7. The van der Waals surface area contributed by atoms with Crippen LogP contribution in [0.25, 0.3) is 12.2 Å². The van der Waals surface area contributed by atoms with E-state index in [1.54, 1.807) is 45.0 Å². The summed E-state index contributed by atoms with van der Waals surface area (Å²) in [6.45, 7) is 9.39. The SMILES string of the molecule is CNC(C)C(=O)NC(Cc1ccc(C=Cc2ccc(C(=O)N[C@H]3C[C@@H](C(=O)N[C@@H]4CCCc5ccccc54)N(C(=O)C(NC(=O)C(C)NC)C(C)(C)C)C3)cc2)cc1)C(=O)N1Cc2ccccc2CC1C(=O)N[C@@H]1CCCc2ccccc21. The molecular weight excluding hydrogens is 1040 g/mol. The van der Waals surface area contributed by atoms with Crippen LogP contribution in [0.3, 0.4) is 0 Å². The molecule has 2 aliphatic heterocycles. The van der Waals surface area contributed by atoms with Crippen LogP contribution in [0.2, 0.25) is 0 Å². The van der Waals surface area contributed by atoms with E-state index in [9.17, 15) is 33.6 Å². The van der Waals surface area contributed by atoms with Gasteiger partial charge in [-0.2, -0.15) is 0 Å². The minimum atomic E-state index is -0.959. The molecule has 83 heavy (non-hydrogen) atoms.